The standard InChI is InChI=1S/C11H9NO4/c13-9-6-8(10(14)12-9)16-11(15)7-4-2-1-3-5-7/h1-5,8H,6H2,(H,12,13,14). The molecule has 16 heavy (non-hydrogen) atoms. The summed E-state index contributed by atoms with van der Waals surface area (Å²) in [5, 5.41) is 2.07. The van der Waals surface area contributed by atoms with Gasteiger partial charge >= 0.3 is 5.97 Å². The molecule has 0 radical (unpaired) electrons. The third kappa shape index (κ3) is 2.08. The molecule has 5 nitrogen and oxygen atoms in total. The topological polar surface area (TPSA) is 72.5 Å². The molecule has 1 N–H and O–H groups in total. The van der Waals surface area contributed by atoms with Crippen molar-refractivity contribution in [3.63, 3.8) is 0 Å². The van der Waals surface area contributed by atoms with E-state index in [4.69, 9.17) is 4.74 Å². The number of nitrogens with one attached hydrogen (secondary N) is 1. The highest BCUT2D eigenvalue weighted by Crippen LogP contribution is 2.10. The predicted molar refractivity (Wildman–Crippen MR) is 53.4 cm³/mol. The van der Waals surface area contributed by atoms with Gasteiger partial charge in [-0.15, -0.1) is 0 Å². The molecule has 82 valence electrons. The molecule has 1 atom stereocenters. The summed E-state index contributed by atoms with van der Waals surface area (Å²) in [5.41, 5.74) is 0.356. The Morgan fingerprint density at radius 1 is 1.25 bits per heavy atom. The largest absolute Gasteiger partial charge is 0.448 e. The summed E-state index contributed by atoms with van der Waals surface area (Å²) < 4.78 is 4.91. The number of rotatable bonds is 2. The van der Waals surface area contributed by atoms with Crippen LogP contribution in [0.2, 0.25) is 0 Å². The van der Waals surface area contributed by atoms with Gasteiger partial charge in [-0.05, 0) is 12.1 Å². The normalized spacial score (nSPS) is 19.4. The second-order valence-corrected chi connectivity index (χ2v) is 3.38. The number of carbonyl (C=O) groups is 3. The van der Waals surface area contributed by atoms with Crippen LogP contribution in [-0.2, 0) is 14.3 Å². The first kappa shape index (κ1) is 10.4. The number of esters is 1. The van der Waals surface area contributed by atoms with E-state index in [2.05, 4.69) is 5.32 Å². The van der Waals surface area contributed by atoms with Crippen LogP contribution in [0.4, 0.5) is 0 Å². The molecule has 0 bridgehead atoms. The van der Waals surface area contributed by atoms with Crippen LogP contribution in [0.3, 0.4) is 0 Å². The van der Waals surface area contributed by atoms with Crippen LogP contribution >= 0.6 is 0 Å². The minimum Gasteiger partial charge on any atom is -0.448 e. The van der Waals surface area contributed by atoms with Crippen molar-refractivity contribution >= 4 is 17.8 Å². The molecule has 0 aliphatic carbocycles. The zero-order valence-electron chi connectivity index (χ0n) is 8.30. The fourth-order valence-electron chi connectivity index (χ4n) is 1.40. The van der Waals surface area contributed by atoms with E-state index >= 15 is 0 Å². The smallest absolute Gasteiger partial charge is 0.338 e. The summed E-state index contributed by atoms with van der Waals surface area (Å²) in [4.78, 5) is 33.5. The minimum absolute atomic E-state index is 0.0998. The Morgan fingerprint density at radius 2 is 1.94 bits per heavy atom. The van der Waals surface area contributed by atoms with E-state index < -0.39 is 23.9 Å². The molecule has 1 unspecified atom stereocenters. The monoisotopic (exact) mass is 219 g/mol. The maximum Gasteiger partial charge on any atom is 0.338 e. The molecule has 1 aliphatic rings. The van der Waals surface area contributed by atoms with Crippen molar-refractivity contribution in [3.05, 3.63) is 35.9 Å². The Morgan fingerprint density at radius 3 is 2.50 bits per heavy atom. The van der Waals surface area contributed by atoms with Gasteiger partial charge in [-0.25, -0.2) is 4.79 Å². The lowest BCUT2D eigenvalue weighted by Gasteiger charge is -2.07. The van der Waals surface area contributed by atoms with Crippen molar-refractivity contribution in [1.82, 2.24) is 5.32 Å². The molecule has 1 aromatic rings. The molecular weight excluding hydrogens is 210 g/mol. The van der Waals surface area contributed by atoms with E-state index in [1.165, 1.54) is 0 Å². The molecule has 0 aromatic heterocycles. The molecule has 1 aliphatic heterocycles. The number of hydrogen-bond donors (Lipinski definition) is 1. The van der Waals surface area contributed by atoms with Gasteiger partial charge < -0.3 is 4.74 Å². The summed E-state index contributed by atoms with van der Waals surface area (Å²) in [5.74, 6) is -1.58. The van der Waals surface area contributed by atoms with E-state index in [0.717, 1.165) is 0 Å². The first-order valence-electron chi connectivity index (χ1n) is 4.76. The van der Waals surface area contributed by atoms with Crippen molar-refractivity contribution in [3.8, 4) is 0 Å². The molecule has 0 spiro atoms. The second kappa shape index (κ2) is 4.14. The van der Waals surface area contributed by atoms with Crippen molar-refractivity contribution in [2.45, 2.75) is 12.5 Å². The number of imide groups is 1. The number of carbonyl (C=O) groups excluding carboxylic acids is 3. The van der Waals surface area contributed by atoms with Crippen LogP contribution in [0.5, 0.6) is 0 Å². The van der Waals surface area contributed by atoms with Gasteiger partial charge in [0.2, 0.25) is 5.91 Å². The molecule has 2 amide bonds. The first-order valence-corrected chi connectivity index (χ1v) is 4.76. The summed E-state index contributed by atoms with van der Waals surface area (Å²) >= 11 is 0. The maximum atomic E-state index is 11.5. The van der Waals surface area contributed by atoms with Crippen LogP contribution in [0.25, 0.3) is 0 Å². The lowest BCUT2D eigenvalue weighted by atomic mass is 10.2. The maximum absolute atomic E-state index is 11.5. The summed E-state index contributed by atoms with van der Waals surface area (Å²) in [6, 6.07) is 8.31. The van der Waals surface area contributed by atoms with Gasteiger partial charge in [-0.2, -0.15) is 0 Å². The Labute approximate surface area is 91.4 Å². The molecule has 1 saturated heterocycles. The summed E-state index contributed by atoms with van der Waals surface area (Å²) in [6.45, 7) is 0. The molecule has 5 heteroatoms. The summed E-state index contributed by atoms with van der Waals surface area (Å²) in [6.07, 6.45) is -1.10. The molecular formula is C11H9NO4. The quantitative estimate of drug-likeness (QED) is 0.572. The zero-order chi connectivity index (χ0) is 11.5. The first-order chi connectivity index (χ1) is 7.66. The highest BCUT2D eigenvalue weighted by Gasteiger charge is 2.33. The van der Waals surface area contributed by atoms with E-state index in [1.807, 2.05) is 0 Å². The van der Waals surface area contributed by atoms with Gasteiger partial charge in [0, 0.05) is 0 Å². The SMILES string of the molecule is O=C1CC(OC(=O)c2ccccc2)C(=O)N1. The lowest BCUT2D eigenvalue weighted by molar-refractivity contribution is -0.128. The molecule has 1 heterocycles. The van der Waals surface area contributed by atoms with Crippen molar-refractivity contribution < 1.29 is 19.1 Å². The van der Waals surface area contributed by atoms with Crippen LogP contribution in [0.15, 0.2) is 30.3 Å². The van der Waals surface area contributed by atoms with Gasteiger partial charge in [0.25, 0.3) is 5.91 Å². The highest BCUT2D eigenvalue weighted by atomic mass is 16.5. The fraction of sp³-hybridized carbons (Fsp3) is 0.182. The Hall–Kier alpha value is -2.17. The van der Waals surface area contributed by atoms with E-state index in [-0.39, 0.29) is 6.42 Å². The van der Waals surface area contributed by atoms with Crippen LogP contribution in [-0.4, -0.2) is 23.9 Å². The third-order valence-corrected chi connectivity index (χ3v) is 2.18. The van der Waals surface area contributed by atoms with E-state index in [9.17, 15) is 14.4 Å². The Kier molecular flexibility index (Phi) is 2.68. The van der Waals surface area contributed by atoms with Crippen molar-refractivity contribution in [1.29, 1.82) is 0 Å². The van der Waals surface area contributed by atoms with Crippen LogP contribution in [0.1, 0.15) is 16.8 Å². The van der Waals surface area contributed by atoms with Crippen LogP contribution in [0, 0.1) is 0 Å². The fourth-order valence-corrected chi connectivity index (χ4v) is 1.40. The van der Waals surface area contributed by atoms with E-state index in [0.29, 0.717) is 5.56 Å². The number of hydrogen-bond acceptors (Lipinski definition) is 4. The van der Waals surface area contributed by atoms with Crippen molar-refractivity contribution in [2.75, 3.05) is 0 Å². The zero-order valence-corrected chi connectivity index (χ0v) is 8.30. The summed E-state index contributed by atoms with van der Waals surface area (Å²) in [7, 11) is 0. The Bertz CT molecular complexity index is 441. The van der Waals surface area contributed by atoms with Crippen molar-refractivity contribution in [2.24, 2.45) is 0 Å². The van der Waals surface area contributed by atoms with Gasteiger partial charge in [-0.3, -0.25) is 14.9 Å². The minimum atomic E-state index is -1.000. The molecule has 1 aromatic carbocycles. The van der Waals surface area contributed by atoms with Gasteiger partial charge in [0.15, 0.2) is 6.10 Å². The average Bonchev–Trinajstić information content (AvgIpc) is 2.59. The molecule has 2 rings (SSSR count). The number of ether oxygens (including phenoxy) is 1. The van der Waals surface area contributed by atoms with Gasteiger partial charge in [0.1, 0.15) is 0 Å². The predicted octanol–water partition coefficient (Wildman–Crippen LogP) is 0.259. The lowest BCUT2D eigenvalue weighted by Crippen LogP contribution is -2.28. The average molecular weight is 219 g/mol. The van der Waals surface area contributed by atoms with E-state index in [1.54, 1.807) is 30.3 Å². The molecule has 1 fully saturated rings. The van der Waals surface area contributed by atoms with Gasteiger partial charge in [0.05, 0.1) is 12.0 Å². The van der Waals surface area contributed by atoms with Gasteiger partial charge in [-0.1, -0.05) is 18.2 Å². The number of amides is 2. The third-order valence-electron chi connectivity index (χ3n) is 2.18. The second-order valence-electron chi connectivity index (χ2n) is 3.38. The number of benzene rings is 1. The highest BCUT2D eigenvalue weighted by molar-refractivity contribution is 6.06. The Balaban J connectivity index is 2.03. The van der Waals surface area contributed by atoms with Crippen LogP contribution < -0.4 is 5.32 Å². The molecule has 0 saturated carbocycles.